The van der Waals surface area contributed by atoms with Crippen LogP contribution in [0.2, 0.25) is 5.02 Å². The molecule has 1 N–H and O–H groups in total. The number of halogens is 1. The van der Waals surface area contributed by atoms with Gasteiger partial charge in [0.15, 0.2) is 0 Å². The fourth-order valence-corrected chi connectivity index (χ4v) is 2.87. The Kier molecular flexibility index (Phi) is 4.03. The number of hydrogen-bond acceptors (Lipinski definition) is 4. The van der Waals surface area contributed by atoms with Crippen molar-refractivity contribution in [3.63, 3.8) is 0 Å². The van der Waals surface area contributed by atoms with Crippen molar-refractivity contribution in [2.45, 2.75) is 37.6 Å². The van der Waals surface area contributed by atoms with Crippen molar-refractivity contribution in [1.82, 2.24) is 15.5 Å². The van der Waals surface area contributed by atoms with Crippen molar-refractivity contribution in [2.75, 3.05) is 7.05 Å². The Labute approximate surface area is 123 Å². The Hall–Kier alpha value is -1.39. The van der Waals surface area contributed by atoms with Gasteiger partial charge in [-0.25, -0.2) is 0 Å². The zero-order valence-electron chi connectivity index (χ0n) is 11.5. The highest BCUT2D eigenvalue weighted by Crippen LogP contribution is 2.32. The number of benzene rings is 1. The lowest BCUT2D eigenvalue weighted by molar-refractivity contribution is 0.289. The van der Waals surface area contributed by atoms with E-state index in [4.69, 9.17) is 16.1 Å². The zero-order chi connectivity index (χ0) is 13.9. The topological polar surface area (TPSA) is 51.0 Å². The Morgan fingerprint density at radius 2 is 1.85 bits per heavy atom. The van der Waals surface area contributed by atoms with Gasteiger partial charge < -0.3 is 9.84 Å². The minimum absolute atomic E-state index is 0.396. The van der Waals surface area contributed by atoms with Gasteiger partial charge in [-0.1, -0.05) is 16.8 Å². The highest BCUT2D eigenvalue weighted by Gasteiger charge is 2.25. The molecule has 1 aromatic heterocycles. The molecule has 1 saturated carbocycles. The summed E-state index contributed by atoms with van der Waals surface area (Å²) < 4.78 is 5.44. The summed E-state index contributed by atoms with van der Waals surface area (Å²) >= 11 is 5.88. The Morgan fingerprint density at radius 1 is 1.15 bits per heavy atom. The van der Waals surface area contributed by atoms with Gasteiger partial charge in [0.1, 0.15) is 0 Å². The number of nitrogens with one attached hydrogen (secondary N) is 1. The molecule has 0 spiro atoms. The van der Waals surface area contributed by atoms with Crippen LogP contribution < -0.4 is 5.32 Å². The second kappa shape index (κ2) is 5.94. The molecule has 0 saturated heterocycles. The molecule has 0 atom stereocenters. The average Bonchev–Trinajstić information content (AvgIpc) is 2.98. The Morgan fingerprint density at radius 3 is 2.50 bits per heavy atom. The lowest BCUT2D eigenvalue weighted by Crippen LogP contribution is -2.29. The fourth-order valence-electron chi connectivity index (χ4n) is 2.75. The first kappa shape index (κ1) is 13.6. The van der Waals surface area contributed by atoms with Crippen LogP contribution in [0.15, 0.2) is 28.8 Å². The van der Waals surface area contributed by atoms with E-state index in [-0.39, 0.29) is 0 Å². The molecule has 1 aliphatic carbocycles. The summed E-state index contributed by atoms with van der Waals surface area (Å²) in [6, 6.07) is 8.13. The molecule has 4 nitrogen and oxygen atoms in total. The van der Waals surface area contributed by atoms with Crippen LogP contribution in [-0.2, 0) is 0 Å². The van der Waals surface area contributed by atoms with E-state index in [0.29, 0.717) is 22.8 Å². The quantitative estimate of drug-likeness (QED) is 0.938. The minimum Gasteiger partial charge on any atom is -0.339 e. The third kappa shape index (κ3) is 2.86. The summed E-state index contributed by atoms with van der Waals surface area (Å²) in [5.41, 5.74) is 0.938. The number of nitrogens with zero attached hydrogens (tertiary/aromatic N) is 2. The largest absolute Gasteiger partial charge is 0.339 e. The average molecular weight is 292 g/mol. The number of rotatable bonds is 3. The van der Waals surface area contributed by atoms with E-state index in [1.165, 1.54) is 12.8 Å². The van der Waals surface area contributed by atoms with Gasteiger partial charge in [0, 0.05) is 22.5 Å². The van der Waals surface area contributed by atoms with Crippen LogP contribution in [-0.4, -0.2) is 23.2 Å². The molecule has 20 heavy (non-hydrogen) atoms. The molecule has 1 fully saturated rings. The highest BCUT2D eigenvalue weighted by atomic mass is 35.5. The van der Waals surface area contributed by atoms with Crippen molar-refractivity contribution in [3.8, 4) is 11.4 Å². The summed E-state index contributed by atoms with van der Waals surface area (Å²) in [5.74, 6) is 1.81. The monoisotopic (exact) mass is 291 g/mol. The van der Waals surface area contributed by atoms with Gasteiger partial charge in [0.25, 0.3) is 0 Å². The molecule has 1 aromatic carbocycles. The molecule has 0 aliphatic heterocycles. The molecule has 0 bridgehead atoms. The molecule has 106 valence electrons. The summed E-state index contributed by atoms with van der Waals surface area (Å²) in [4.78, 5) is 4.54. The van der Waals surface area contributed by atoms with Gasteiger partial charge in [-0.05, 0) is 57.0 Å². The Balaban J connectivity index is 1.72. The first-order valence-corrected chi connectivity index (χ1v) is 7.41. The smallest absolute Gasteiger partial charge is 0.230 e. The number of hydrogen-bond donors (Lipinski definition) is 1. The molecule has 0 radical (unpaired) electrons. The SMILES string of the molecule is CNC1CCC(c2nc(-c3ccc(Cl)cc3)no2)CC1. The minimum atomic E-state index is 0.396. The fraction of sp³-hybridized carbons (Fsp3) is 0.467. The maximum absolute atomic E-state index is 5.88. The molecule has 3 rings (SSSR count). The van der Waals surface area contributed by atoms with E-state index in [0.717, 1.165) is 24.3 Å². The summed E-state index contributed by atoms with van der Waals surface area (Å²) in [5, 5.41) is 8.13. The van der Waals surface area contributed by atoms with Gasteiger partial charge in [-0.3, -0.25) is 0 Å². The van der Waals surface area contributed by atoms with E-state index in [1.54, 1.807) is 0 Å². The van der Waals surface area contributed by atoms with Crippen molar-refractivity contribution in [2.24, 2.45) is 0 Å². The first-order chi connectivity index (χ1) is 9.76. The second-order valence-corrected chi connectivity index (χ2v) is 5.74. The van der Waals surface area contributed by atoms with Crippen LogP contribution in [0.1, 0.15) is 37.5 Å². The van der Waals surface area contributed by atoms with Crippen LogP contribution >= 0.6 is 11.6 Å². The summed E-state index contributed by atoms with van der Waals surface area (Å²) in [7, 11) is 2.02. The second-order valence-electron chi connectivity index (χ2n) is 5.30. The van der Waals surface area contributed by atoms with E-state index in [1.807, 2.05) is 31.3 Å². The van der Waals surface area contributed by atoms with Gasteiger partial charge >= 0.3 is 0 Å². The lowest BCUT2D eigenvalue weighted by atomic mass is 9.86. The van der Waals surface area contributed by atoms with Crippen LogP contribution in [0.4, 0.5) is 0 Å². The van der Waals surface area contributed by atoms with E-state index >= 15 is 0 Å². The molecular weight excluding hydrogens is 274 g/mol. The predicted molar refractivity (Wildman–Crippen MR) is 78.8 cm³/mol. The third-order valence-electron chi connectivity index (χ3n) is 4.03. The number of aromatic nitrogens is 2. The molecule has 0 unspecified atom stereocenters. The summed E-state index contributed by atoms with van der Waals surface area (Å²) in [6.45, 7) is 0. The maximum atomic E-state index is 5.88. The third-order valence-corrected chi connectivity index (χ3v) is 4.28. The Bertz CT molecular complexity index is 559. The molecule has 5 heteroatoms. The first-order valence-electron chi connectivity index (χ1n) is 7.03. The van der Waals surface area contributed by atoms with Gasteiger partial charge in [-0.15, -0.1) is 0 Å². The molecule has 2 aromatic rings. The van der Waals surface area contributed by atoms with Crippen LogP contribution in [0.5, 0.6) is 0 Å². The van der Waals surface area contributed by atoms with Crippen LogP contribution in [0, 0.1) is 0 Å². The molecule has 1 aliphatic rings. The zero-order valence-corrected chi connectivity index (χ0v) is 12.2. The standard InChI is InChI=1S/C15H18ClN3O/c1-17-13-8-4-11(5-9-13)15-18-14(19-20-15)10-2-6-12(16)7-3-10/h2-3,6-7,11,13,17H,4-5,8-9H2,1H3. The molecule has 1 heterocycles. The van der Waals surface area contributed by atoms with Crippen molar-refractivity contribution in [1.29, 1.82) is 0 Å². The van der Waals surface area contributed by atoms with Gasteiger partial charge in [-0.2, -0.15) is 4.98 Å². The lowest BCUT2D eigenvalue weighted by Gasteiger charge is -2.25. The van der Waals surface area contributed by atoms with Crippen molar-refractivity contribution < 1.29 is 4.52 Å². The van der Waals surface area contributed by atoms with Gasteiger partial charge in [0.05, 0.1) is 0 Å². The van der Waals surface area contributed by atoms with Crippen molar-refractivity contribution in [3.05, 3.63) is 35.2 Å². The normalized spacial score (nSPS) is 22.9. The molecular formula is C15H18ClN3O. The highest BCUT2D eigenvalue weighted by molar-refractivity contribution is 6.30. The molecule has 0 amide bonds. The van der Waals surface area contributed by atoms with E-state index < -0.39 is 0 Å². The van der Waals surface area contributed by atoms with E-state index in [2.05, 4.69) is 15.5 Å². The predicted octanol–water partition coefficient (Wildman–Crippen LogP) is 3.64. The van der Waals surface area contributed by atoms with E-state index in [9.17, 15) is 0 Å². The van der Waals surface area contributed by atoms with Gasteiger partial charge in [0.2, 0.25) is 11.7 Å². The maximum Gasteiger partial charge on any atom is 0.230 e. The van der Waals surface area contributed by atoms with Crippen LogP contribution in [0.25, 0.3) is 11.4 Å². The van der Waals surface area contributed by atoms with Crippen molar-refractivity contribution >= 4 is 11.6 Å². The summed E-state index contributed by atoms with van der Waals surface area (Å²) in [6.07, 6.45) is 4.54. The van der Waals surface area contributed by atoms with Crippen LogP contribution in [0.3, 0.4) is 0 Å².